The van der Waals surface area contributed by atoms with Gasteiger partial charge in [-0.05, 0) is 39.8 Å². The van der Waals surface area contributed by atoms with E-state index in [1.165, 1.54) is 10.5 Å². The number of nitrogens with zero attached hydrogens (tertiary/aromatic N) is 3. The van der Waals surface area contributed by atoms with Crippen LogP contribution in [0.25, 0.3) is 0 Å². The quantitative estimate of drug-likeness (QED) is 0.712. The molecule has 0 fully saturated rings. The summed E-state index contributed by atoms with van der Waals surface area (Å²) in [6, 6.07) is 10.3. The second kappa shape index (κ2) is 10.2. The van der Waals surface area contributed by atoms with Gasteiger partial charge in [0.15, 0.2) is 0 Å². The Bertz CT molecular complexity index is 569. The smallest absolute Gasteiger partial charge is 0.410 e. The summed E-state index contributed by atoms with van der Waals surface area (Å²) in [6.07, 6.45) is 0.496. The Morgan fingerprint density at radius 3 is 2.12 bits per heavy atom. The Balaban J connectivity index is 2.31. The molecule has 0 bridgehead atoms. The fraction of sp³-hybridized carbons (Fsp3) is 0.600. The van der Waals surface area contributed by atoms with Crippen molar-refractivity contribution < 1.29 is 14.3 Å². The van der Waals surface area contributed by atoms with Crippen LogP contribution in [-0.4, -0.2) is 79.6 Å². The number of hydrogen-bond donors (Lipinski definition) is 0. The predicted octanol–water partition coefficient (Wildman–Crippen LogP) is 2.49. The summed E-state index contributed by atoms with van der Waals surface area (Å²) in [7, 11) is 5.39. The molecule has 0 aliphatic carbocycles. The zero-order valence-corrected chi connectivity index (χ0v) is 17.0. The highest BCUT2D eigenvalue weighted by molar-refractivity contribution is 5.82. The minimum atomic E-state index is -0.568. The number of benzene rings is 1. The van der Waals surface area contributed by atoms with Gasteiger partial charge in [-0.25, -0.2) is 4.79 Å². The maximum atomic E-state index is 12.3. The second-order valence-electron chi connectivity index (χ2n) is 7.69. The first-order chi connectivity index (χ1) is 12.1. The fourth-order valence-corrected chi connectivity index (χ4v) is 2.25. The fourth-order valence-electron chi connectivity index (χ4n) is 2.25. The van der Waals surface area contributed by atoms with Gasteiger partial charge in [-0.3, -0.25) is 4.79 Å². The molecule has 0 N–H and O–H groups in total. The summed E-state index contributed by atoms with van der Waals surface area (Å²) >= 11 is 0. The van der Waals surface area contributed by atoms with E-state index in [2.05, 4.69) is 17.0 Å². The third-order valence-electron chi connectivity index (χ3n) is 3.95. The summed E-state index contributed by atoms with van der Waals surface area (Å²) < 4.78 is 5.26. The van der Waals surface area contributed by atoms with Crippen molar-refractivity contribution in [2.75, 3.05) is 47.3 Å². The lowest BCUT2D eigenvalue weighted by atomic mass is 10.1. The van der Waals surface area contributed by atoms with Crippen molar-refractivity contribution in [2.24, 2.45) is 0 Å². The number of amides is 2. The van der Waals surface area contributed by atoms with Gasteiger partial charge in [0.25, 0.3) is 0 Å². The van der Waals surface area contributed by atoms with E-state index in [1.54, 1.807) is 39.8 Å². The molecule has 146 valence electrons. The lowest BCUT2D eigenvalue weighted by Crippen LogP contribution is -2.43. The van der Waals surface area contributed by atoms with Crippen LogP contribution in [0.1, 0.15) is 26.3 Å². The molecule has 0 aliphatic heterocycles. The van der Waals surface area contributed by atoms with Gasteiger partial charge in [-0.15, -0.1) is 0 Å². The van der Waals surface area contributed by atoms with E-state index >= 15 is 0 Å². The zero-order chi connectivity index (χ0) is 19.7. The van der Waals surface area contributed by atoms with E-state index in [0.717, 1.165) is 19.5 Å². The normalized spacial score (nSPS) is 11.3. The molecule has 26 heavy (non-hydrogen) atoms. The van der Waals surface area contributed by atoms with Crippen molar-refractivity contribution in [1.82, 2.24) is 14.7 Å². The zero-order valence-electron chi connectivity index (χ0n) is 17.0. The number of rotatable bonds is 8. The lowest BCUT2D eigenvalue weighted by molar-refractivity contribution is -0.130. The number of ether oxygens (including phenoxy) is 1. The summed E-state index contributed by atoms with van der Waals surface area (Å²) in [6.45, 7) is 7.76. The number of carbonyl (C=O) groups is 2. The van der Waals surface area contributed by atoms with Crippen molar-refractivity contribution in [3.63, 3.8) is 0 Å². The van der Waals surface area contributed by atoms with Gasteiger partial charge in [-0.2, -0.15) is 0 Å². The number of hydrogen-bond acceptors (Lipinski definition) is 4. The van der Waals surface area contributed by atoms with Crippen molar-refractivity contribution >= 4 is 12.0 Å². The Kier molecular flexibility index (Phi) is 8.58. The maximum absolute atomic E-state index is 12.3. The second-order valence-corrected chi connectivity index (χ2v) is 7.69. The highest BCUT2D eigenvalue weighted by Crippen LogP contribution is 2.09. The van der Waals surface area contributed by atoms with Gasteiger partial charge < -0.3 is 19.4 Å². The molecule has 0 heterocycles. The minimum Gasteiger partial charge on any atom is -0.444 e. The van der Waals surface area contributed by atoms with Gasteiger partial charge in [-0.1, -0.05) is 30.3 Å². The van der Waals surface area contributed by atoms with E-state index in [4.69, 9.17) is 4.74 Å². The van der Waals surface area contributed by atoms with Crippen LogP contribution in [0.15, 0.2) is 30.3 Å². The van der Waals surface area contributed by atoms with E-state index in [1.807, 2.05) is 25.2 Å². The average Bonchev–Trinajstić information content (AvgIpc) is 2.57. The summed E-state index contributed by atoms with van der Waals surface area (Å²) in [5.74, 6) is -0.102. The van der Waals surface area contributed by atoms with Crippen LogP contribution < -0.4 is 0 Å². The van der Waals surface area contributed by atoms with Crippen LogP contribution in [0.2, 0.25) is 0 Å². The molecule has 0 saturated carbocycles. The van der Waals surface area contributed by atoms with Gasteiger partial charge in [0, 0.05) is 33.7 Å². The standard InChI is InChI=1S/C20H33N3O3/c1-20(2,3)26-19(25)23(6)16-18(24)22(5)15-14-21(4)13-12-17-10-8-7-9-11-17/h7-11H,12-16H2,1-6H3. The van der Waals surface area contributed by atoms with Gasteiger partial charge in [0.05, 0.1) is 0 Å². The molecule has 6 nitrogen and oxygen atoms in total. The summed E-state index contributed by atoms with van der Waals surface area (Å²) in [4.78, 5) is 29.4. The van der Waals surface area contributed by atoms with Gasteiger partial charge in [0.2, 0.25) is 5.91 Å². The van der Waals surface area contributed by atoms with Crippen LogP contribution in [0.4, 0.5) is 4.79 Å². The Morgan fingerprint density at radius 2 is 1.54 bits per heavy atom. The molecule has 1 aromatic rings. The van der Waals surface area contributed by atoms with Gasteiger partial charge in [0.1, 0.15) is 12.1 Å². The molecule has 1 aromatic carbocycles. The van der Waals surface area contributed by atoms with E-state index in [-0.39, 0.29) is 12.5 Å². The minimum absolute atomic E-state index is 0.0130. The summed E-state index contributed by atoms with van der Waals surface area (Å²) in [5.41, 5.74) is 0.740. The first-order valence-corrected chi connectivity index (χ1v) is 8.99. The molecular formula is C20H33N3O3. The molecule has 0 aliphatic rings. The van der Waals surface area contributed by atoms with Crippen LogP contribution in [-0.2, 0) is 16.0 Å². The molecule has 0 radical (unpaired) electrons. The largest absolute Gasteiger partial charge is 0.444 e. The topological polar surface area (TPSA) is 53.1 Å². The third-order valence-corrected chi connectivity index (χ3v) is 3.95. The maximum Gasteiger partial charge on any atom is 0.410 e. The molecule has 0 spiro atoms. The van der Waals surface area contributed by atoms with Crippen molar-refractivity contribution in [2.45, 2.75) is 32.8 Å². The summed E-state index contributed by atoms with van der Waals surface area (Å²) in [5, 5.41) is 0. The predicted molar refractivity (Wildman–Crippen MR) is 104 cm³/mol. The highest BCUT2D eigenvalue weighted by Gasteiger charge is 2.22. The van der Waals surface area contributed by atoms with E-state index in [9.17, 15) is 9.59 Å². The molecule has 1 rings (SSSR count). The van der Waals surface area contributed by atoms with Crippen molar-refractivity contribution in [3.05, 3.63) is 35.9 Å². The molecule has 2 amide bonds. The van der Waals surface area contributed by atoms with Crippen LogP contribution in [0.5, 0.6) is 0 Å². The van der Waals surface area contributed by atoms with Crippen molar-refractivity contribution in [1.29, 1.82) is 0 Å². The van der Waals surface area contributed by atoms with Crippen molar-refractivity contribution in [3.8, 4) is 0 Å². The van der Waals surface area contributed by atoms with Crippen LogP contribution in [0.3, 0.4) is 0 Å². The Hall–Kier alpha value is -2.08. The molecule has 0 aromatic heterocycles. The first-order valence-electron chi connectivity index (χ1n) is 8.99. The average molecular weight is 364 g/mol. The van der Waals surface area contributed by atoms with Crippen LogP contribution >= 0.6 is 0 Å². The van der Waals surface area contributed by atoms with Gasteiger partial charge >= 0.3 is 6.09 Å². The molecule has 6 heteroatoms. The monoisotopic (exact) mass is 363 g/mol. The van der Waals surface area contributed by atoms with E-state index < -0.39 is 11.7 Å². The highest BCUT2D eigenvalue weighted by atomic mass is 16.6. The lowest BCUT2D eigenvalue weighted by Gasteiger charge is -2.26. The number of carbonyl (C=O) groups excluding carboxylic acids is 2. The third kappa shape index (κ3) is 8.85. The van der Waals surface area contributed by atoms with Crippen LogP contribution in [0, 0.1) is 0 Å². The molecular weight excluding hydrogens is 330 g/mol. The SMILES string of the molecule is CN(CCc1ccccc1)CCN(C)C(=O)CN(C)C(=O)OC(C)(C)C. The van der Waals surface area contributed by atoms with E-state index in [0.29, 0.717) is 6.54 Å². The number of likely N-dealkylation sites (N-methyl/N-ethyl adjacent to an activating group) is 3. The Morgan fingerprint density at radius 1 is 0.923 bits per heavy atom. The molecule has 0 unspecified atom stereocenters. The Labute approximate surface area is 157 Å². The molecule has 0 atom stereocenters. The first kappa shape index (κ1) is 22.0. The molecule has 0 saturated heterocycles.